The molecule has 0 unspecified atom stereocenters. The molecule has 0 saturated carbocycles. The zero-order valence-electron chi connectivity index (χ0n) is 24.6. The molecular formula is C41H24N4O. The fourth-order valence-corrected chi connectivity index (χ4v) is 6.46. The van der Waals surface area contributed by atoms with Crippen molar-refractivity contribution >= 4 is 43.9 Å². The van der Waals surface area contributed by atoms with Crippen molar-refractivity contribution in [3.63, 3.8) is 0 Å². The number of nitriles is 1. The first-order chi connectivity index (χ1) is 22.7. The van der Waals surface area contributed by atoms with Gasteiger partial charge in [-0.15, -0.1) is 0 Å². The van der Waals surface area contributed by atoms with Gasteiger partial charge >= 0.3 is 0 Å². The second kappa shape index (κ2) is 10.3. The summed E-state index contributed by atoms with van der Waals surface area (Å²) >= 11 is 0. The Balaban J connectivity index is 1.24. The van der Waals surface area contributed by atoms with Crippen molar-refractivity contribution in [1.29, 1.82) is 5.26 Å². The number of hydrogen-bond donors (Lipinski definition) is 0. The molecule has 9 rings (SSSR count). The van der Waals surface area contributed by atoms with Crippen LogP contribution in [0.15, 0.2) is 150 Å². The summed E-state index contributed by atoms with van der Waals surface area (Å²) < 4.78 is 8.80. The number of para-hydroxylation sites is 2. The number of nitrogens with zero attached hydrogens (tertiary/aromatic N) is 4. The fraction of sp³-hybridized carbons (Fsp3) is 0. The summed E-state index contributed by atoms with van der Waals surface area (Å²) in [4.78, 5) is 10.0. The molecule has 5 nitrogen and oxygen atoms in total. The van der Waals surface area contributed by atoms with Crippen LogP contribution in [0.5, 0.6) is 0 Å². The maximum atomic E-state index is 9.31. The van der Waals surface area contributed by atoms with E-state index in [4.69, 9.17) is 14.4 Å². The van der Waals surface area contributed by atoms with Crippen molar-refractivity contribution in [3.8, 4) is 45.5 Å². The highest BCUT2D eigenvalue weighted by Crippen LogP contribution is 2.38. The van der Waals surface area contributed by atoms with Crippen LogP contribution in [0.2, 0.25) is 0 Å². The molecule has 5 heteroatoms. The Kier molecular flexibility index (Phi) is 5.81. The van der Waals surface area contributed by atoms with Gasteiger partial charge in [0.2, 0.25) is 0 Å². The smallest absolute Gasteiger partial charge is 0.180 e. The van der Waals surface area contributed by atoms with Crippen LogP contribution in [0.4, 0.5) is 0 Å². The lowest BCUT2D eigenvalue weighted by Gasteiger charge is -2.10. The first kappa shape index (κ1) is 25.9. The molecule has 46 heavy (non-hydrogen) atoms. The van der Waals surface area contributed by atoms with E-state index in [0.717, 1.165) is 50.1 Å². The average Bonchev–Trinajstić information content (AvgIpc) is 3.67. The Hall–Kier alpha value is -6.51. The van der Waals surface area contributed by atoms with Crippen LogP contribution in [0, 0.1) is 11.3 Å². The molecule has 0 atom stereocenters. The van der Waals surface area contributed by atoms with E-state index in [9.17, 15) is 5.26 Å². The average molecular weight is 589 g/mol. The summed E-state index contributed by atoms with van der Waals surface area (Å²) in [6.45, 7) is 0. The van der Waals surface area contributed by atoms with Gasteiger partial charge in [-0.3, -0.25) is 0 Å². The zero-order chi connectivity index (χ0) is 30.6. The SMILES string of the molecule is N#Cc1ccc(-c2nc(-c3ccccc3)c3oc4ccc(-c5cccc(-n6c7ccccc7c7ccccc76)c5)cc4c3n2)cc1. The van der Waals surface area contributed by atoms with Crippen LogP contribution < -0.4 is 0 Å². The summed E-state index contributed by atoms with van der Waals surface area (Å²) in [6.07, 6.45) is 0. The van der Waals surface area contributed by atoms with Gasteiger partial charge in [0.25, 0.3) is 0 Å². The number of benzene rings is 6. The van der Waals surface area contributed by atoms with Gasteiger partial charge in [-0.1, -0.05) is 84.9 Å². The van der Waals surface area contributed by atoms with E-state index >= 15 is 0 Å². The normalized spacial score (nSPS) is 11.5. The first-order valence-electron chi connectivity index (χ1n) is 15.1. The molecule has 0 aliphatic heterocycles. The van der Waals surface area contributed by atoms with E-state index in [1.54, 1.807) is 12.1 Å². The van der Waals surface area contributed by atoms with Gasteiger partial charge in [0, 0.05) is 33.0 Å². The summed E-state index contributed by atoms with van der Waals surface area (Å²) in [5, 5.41) is 12.7. The minimum atomic E-state index is 0.581. The van der Waals surface area contributed by atoms with Crippen LogP contribution >= 0.6 is 0 Å². The Morgan fingerprint density at radius 1 is 0.543 bits per heavy atom. The van der Waals surface area contributed by atoms with E-state index in [1.165, 1.54) is 21.8 Å². The van der Waals surface area contributed by atoms with Crippen LogP contribution in [-0.2, 0) is 0 Å². The molecule has 9 aromatic rings. The molecule has 214 valence electrons. The van der Waals surface area contributed by atoms with E-state index in [1.807, 2.05) is 48.5 Å². The highest BCUT2D eigenvalue weighted by molar-refractivity contribution is 6.10. The minimum absolute atomic E-state index is 0.581. The first-order valence-corrected chi connectivity index (χ1v) is 15.1. The van der Waals surface area contributed by atoms with Gasteiger partial charge in [-0.25, -0.2) is 9.97 Å². The van der Waals surface area contributed by atoms with E-state index in [2.05, 4.69) is 95.6 Å². The van der Waals surface area contributed by atoms with Crippen molar-refractivity contribution < 1.29 is 4.42 Å². The Labute approximate surface area is 264 Å². The molecule has 0 fully saturated rings. The summed E-state index contributed by atoms with van der Waals surface area (Å²) in [6, 6.07) is 51.7. The predicted molar refractivity (Wildman–Crippen MR) is 185 cm³/mol. The quantitative estimate of drug-likeness (QED) is 0.205. The van der Waals surface area contributed by atoms with Gasteiger partial charge in [0.05, 0.1) is 22.7 Å². The predicted octanol–water partition coefficient (Wildman–Crippen LogP) is 10.3. The number of hydrogen-bond acceptors (Lipinski definition) is 4. The molecule has 0 N–H and O–H groups in total. The largest absolute Gasteiger partial charge is 0.452 e. The monoisotopic (exact) mass is 588 g/mol. The van der Waals surface area contributed by atoms with Crippen molar-refractivity contribution in [2.75, 3.05) is 0 Å². The van der Waals surface area contributed by atoms with E-state index < -0.39 is 0 Å². The molecule has 0 saturated heterocycles. The molecule has 3 heterocycles. The lowest BCUT2D eigenvalue weighted by molar-refractivity contribution is 0.667. The summed E-state index contributed by atoms with van der Waals surface area (Å²) in [5.74, 6) is 0.581. The van der Waals surface area contributed by atoms with Gasteiger partial charge in [-0.2, -0.15) is 5.26 Å². The number of rotatable bonds is 4. The maximum absolute atomic E-state index is 9.31. The number of aromatic nitrogens is 3. The maximum Gasteiger partial charge on any atom is 0.180 e. The zero-order valence-corrected chi connectivity index (χ0v) is 24.6. The van der Waals surface area contributed by atoms with Crippen LogP contribution in [0.25, 0.3) is 83.3 Å². The number of furan rings is 1. The third-order valence-corrected chi connectivity index (χ3v) is 8.65. The van der Waals surface area contributed by atoms with Gasteiger partial charge in [0.15, 0.2) is 11.4 Å². The molecule has 3 aromatic heterocycles. The summed E-state index contributed by atoms with van der Waals surface area (Å²) in [5.41, 5.74) is 10.9. The number of fused-ring (bicyclic) bond motifs is 6. The molecule has 0 aliphatic rings. The Morgan fingerprint density at radius 3 is 1.93 bits per heavy atom. The van der Waals surface area contributed by atoms with Crippen LogP contribution in [0.3, 0.4) is 0 Å². The van der Waals surface area contributed by atoms with Crippen molar-refractivity contribution in [2.24, 2.45) is 0 Å². The highest BCUT2D eigenvalue weighted by Gasteiger charge is 2.19. The second-order valence-corrected chi connectivity index (χ2v) is 11.4. The molecule has 0 bridgehead atoms. The van der Waals surface area contributed by atoms with Crippen molar-refractivity contribution in [3.05, 3.63) is 151 Å². The second-order valence-electron chi connectivity index (χ2n) is 11.4. The molecule has 0 aliphatic carbocycles. The van der Waals surface area contributed by atoms with Gasteiger partial charge < -0.3 is 8.98 Å². The van der Waals surface area contributed by atoms with Crippen LogP contribution in [0.1, 0.15) is 5.56 Å². The van der Waals surface area contributed by atoms with E-state index in [0.29, 0.717) is 17.0 Å². The summed E-state index contributed by atoms with van der Waals surface area (Å²) in [7, 11) is 0. The Morgan fingerprint density at radius 2 is 1.20 bits per heavy atom. The molecule has 6 aromatic carbocycles. The fourth-order valence-electron chi connectivity index (χ4n) is 6.46. The highest BCUT2D eigenvalue weighted by atomic mass is 16.3. The Bertz CT molecular complexity index is 2590. The molecule has 0 spiro atoms. The lowest BCUT2D eigenvalue weighted by Crippen LogP contribution is -1.94. The van der Waals surface area contributed by atoms with Gasteiger partial charge in [0.1, 0.15) is 16.8 Å². The van der Waals surface area contributed by atoms with Crippen molar-refractivity contribution in [1.82, 2.24) is 14.5 Å². The molecule has 0 radical (unpaired) electrons. The van der Waals surface area contributed by atoms with Crippen LogP contribution in [-0.4, -0.2) is 14.5 Å². The third-order valence-electron chi connectivity index (χ3n) is 8.65. The lowest BCUT2D eigenvalue weighted by atomic mass is 10.0. The van der Waals surface area contributed by atoms with E-state index in [-0.39, 0.29) is 0 Å². The minimum Gasteiger partial charge on any atom is -0.452 e. The topological polar surface area (TPSA) is 67.6 Å². The van der Waals surface area contributed by atoms with Crippen molar-refractivity contribution in [2.45, 2.75) is 0 Å². The third kappa shape index (κ3) is 4.09. The molecular weight excluding hydrogens is 564 g/mol. The van der Waals surface area contributed by atoms with Gasteiger partial charge in [-0.05, 0) is 71.8 Å². The standard InChI is InChI=1S/C41H24N4O/c42-25-26-17-19-28(20-18-26)41-43-38(27-9-2-1-3-10-27)40-39(44-41)34-24-30(21-22-37(34)46-40)29-11-8-12-31(23-29)45-35-15-6-4-13-32(35)33-14-5-7-16-36(33)45/h1-24H. The molecule has 0 amide bonds.